The summed E-state index contributed by atoms with van der Waals surface area (Å²) in [4.78, 5) is 24.5. The number of nitrogens with zero attached hydrogens (tertiary/aromatic N) is 1. The zero-order valence-electron chi connectivity index (χ0n) is 15.6. The van der Waals surface area contributed by atoms with Gasteiger partial charge in [-0.3, -0.25) is 4.90 Å². The summed E-state index contributed by atoms with van der Waals surface area (Å²) in [5, 5.41) is 8.94. The third-order valence-electron chi connectivity index (χ3n) is 5.17. The third kappa shape index (κ3) is 3.33. The average molecular weight is 391 g/mol. The first-order valence-corrected chi connectivity index (χ1v) is 9.09. The fraction of sp³-hybridized carbons (Fsp3) is 0.130. The summed E-state index contributed by atoms with van der Waals surface area (Å²) in [5.74, 6) is -2.14. The third-order valence-corrected chi connectivity index (χ3v) is 5.17. The molecule has 3 aromatic rings. The highest BCUT2D eigenvalue weighted by Crippen LogP contribution is 2.44. The van der Waals surface area contributed by atoms with E-state index in [9.17, 15) is 14.0 Å². The highest BCUT2D eigenvalue weighted by molar-refractivity contribution is 5.91. The minimum atomic E-state index is -1.24. The molecule has 6 heteroatoms. The number of amides is 1. The van der Waals surface area contributed by atoms with E-state index in [-0.39, 0.29) is 23.8 Å². The minimum Gasteiger partial charge on any atom is -0.478 e. The fourth-order valence-corrected chi connectivity index (χ4v) is 3.70. The van der Waals surface area contributed by atoms with E-state index in [0.717, 1.165) is 33.2 Å². The Morgan fingerprint density at radius 3 is 2.14 bits per heavy atom. The molecule has 0 saturated carbocycles. The zero-order chi connectivity index (χ0) is 20.5. The highest BCUT2D eigenvalue weighted by Gasteiger charge is 2.29. The van der Waals surface area contributed by atoms with Gasteiger partial charge in [0.25, 0.3) is 0 Å². The van der Waals surface area contributed by atoms with Gasteiger partial charge in [-0.15, -0.1) is 0 Å². The van der Waals surface area contributed by atoms with Crippen LogP contribution in [0.1, 0.15) is 27.4 Å². The van der Waals surface area contributed by atoms with Crippen LogP contribution in [0, 0.1) is 5.82 Å². The lowest BCUT2D eigenvalue weighted by atomic mass is 9.98. The Hall–Kier alpha value is -3.67. The number of halogens is 1. The average Bonchev–Trinajstić information content (AvgIpc) is 3.05. The molecule has 1 amide bonds. The molecule has 0 spiro atoms. The van der Waals surface area contributed by atoms with Gasteiger partial charge in [-0.1, -0.05) is 48.5 Å². The fourth-order valence-electron chi connectivity index (χ4n) is 3.70. The molecule has 146 valence electrons. The Morgan fingerprint density at radius 2 is 1.59 bits per heavy atom. The molecule has 1 aliphatic carbocycles. The molecule has 3 aromatic carbocycles. The summed E-state index contributed by atoms with van der Waals surface area (Å²) in [5.41, 5.74) is 4.17. The molecule has 5 nitrogen and oxygen atoms in total. The predicted octanol–water partition coefficient (Wildman–Crippen LogP) is 4.91. The second-order valence-electron chi connectivity index (χ2n) is 6.83. The van der Waals surface area contributed by atoms with Crippen molar-refractivity contribution in [2.45, 2.75) is 5.92 Å². The number of ether oxygens (including phenoxy) is 1. The predicted molar refractivity (Wildman–Crippen MR) is 107 cm³/mol. The van der Waals surface area contributed by atoms with E-state index in [1.165, 1.54) is 19.2 Å². The normalized spacial score (nSPS) is 12.2. The molecule has 0 aliphatic heterocycles. The van der Waals surface area contributed by atoms with Gasteiger partial charge in [0.05, 0.1) is 11.3 Å². The summed E-state index contributed by atoms with van der Waals surface area (Å²) < 4.78 is 19.7. The van der Waals surface area contributed by atoms with Crippen molar-refractivity contribution in [2.24, 2.45) is 0 Å². The van der Waals surface area contributed by atoms with Gasteiger partial charge in [-0.05, 0) is 40.5 Å². The van der Waals surface area contributed by atoms with Crippen molar-refractivity contribution in [3.05, 3.63) is 89.2 Å². The van der Waals surface area contributed by atoms with Crippen molar-refractivity contribution in [3.63, 3.8) is 0 Å². The second kappa shape index (κ2) is 7.39. The Labute approximate surface area is 167 Å². The monoisotopic (exact) mass is 391 g/mol. The van der Waals surface area contributed by atoms with Gasteiger partial charge in [-0.25, -0.2) is 14.0 Å². The Bertz CT molecular complexity index is 1070. The molecule has 0 atom stereocenters. The Balaban J connectivity index is 1.52. The number of anilines is 1. The number of fused-ring (bicyclic) bond motifs is 3. The number of carboxylic acids is 1. The van der Waals surface area contributed by atoms with E-state index >= 15 is 0 Å². The van der Waals surface area contributed by atoms with Crippen molar-refractivity contribution in [1.29, 1.82) is 0 Å². The first kappa shape index (κ1) is 18.7. The van der Waals surface area contributed by atoms with Crippen LogP contribution in [0.15, 0.2) is 66.7 Å². The molecule has 0 unspecified atom stereocenters. The van der Waals surface area contributed by atoms with Crippen molar-refractivity contribution in [3.8, 4) is 11.1 Å². The SMILES string of the molecule is CN(C(=O)OCC1c2ccccc2-c2ccccc21)c1ccc(C(=O)O)cc1F. The van der Waals surface area contributed by atoms with Crippen molar-refractivity contribution < 1.29 is 23.8 Å². The van der Waals surface area contributed by atoms with Gasteiger partial charge >= 0.3 is 12.1 Å². The van der Waals surface area contributed by atoms with Gasteiger partial charge in [0.15, 0.2) is 0 Å². The number of carbonyl (C=O) groups is 2. The minimum absolute atomic E-state index is 0.0489. The van der Waals surface area contributed by atoms with Crippen molar-refractivity contribution in [1.82, 2.24) is 0 Å². The number of hydrogen-bond donors (Lipinski definition) is 1. The van der Waals surface area contributed by atoms with Crippen LogP contribution in [0.4, 0.5) is 14.9 Å². The first-order valence-electron chi connectivity index (χ1n) is 9.09. The Kier molecular flexibility index (Phi) is 4.76. The Morgan fingerprint density at radius 1 is 1.00 bits per heavy atom. The van der Waals surface area contributed by atoms with Crippen LogP contribution in [0.2, 0.25) is 0 Å². The molecular weight excluding hydrogens is 373 g/mol. The first-order chi connectivity index (χ1) is 14.0. The van der Waals surface area contributed by atoms with Crippen LogP contribution in [-0.4, -0.2) is 30.8 Å². The summed E-state index contributed by atoms with van der Waals surface area (Å²) in [6, 6.07) is 19.3. The lowest BCUT2D eigenvalue weighted by molar-refractivity contribution is 0.0696. The van der Waals surface area contributed by atoms with Gasteiger partial charge < -0.3 is 9.84 Å². The van der Waals surface area contributed by atoms with Crippen LogP contribution in [0.25, 0.3) is 11.1 Å². The lowest BCUT2D eigenvalue weighted by Gasteiger charge is -2.20. The van der Waals surface area contributed by atoms with Crippen LogP contribution in [0.5, 0.6) is 0 Å². The van der Waals surface area contributed by atoms with Crippen molar-refractivity contribution >= 4 is 17.7 Å². The molecule has 0 fully saturated rings. The number of rotatable bonds is 4. The summed E-state index contributed by atoms with van der Waals surface area (Å²) in [6.45, 7) is 0.117. The van der Waals surface area contributed by atoms with Gasteiger partial charge in [0.1, 0.15) is 12.4 Å². The van der Waals surface area contributed by atoms with E-state index in [1.807, 2.05) is 48.5 Å². The molecule has 0 bridgehead atoms. The van der Waals surface area contributed by atoms with Crippen molar-refractivity contribution in [2.75, 3.05) is 18.6 Å². The van der Waals surface area contributed by atoms with Crippen LogP contribution in [-0.2, 0) is 4.74 Å². The summed E-state index contributed by atoms with van der Waals surface area (Å²) >= 11 is 0. The van der Waals surface area contributed by atoms with E-state index in [0.29, 0.717) is 0 Å². The summed E-state index contributed by atoms with van der Waals surface area (Å²) in [6.07, 6.45) is -0.714. The molecule has 0 aromatic heterocycles. The topological polar surface area (TPSA) is 66.8 Å². The molecular formula is C23H18FNO4. The van der Waals surface area contributed by atoms with E-state index in [2.05, 4.69) is 0 Å². The number of carbonyl (C=O) groups excluding carboxylic acids is 1. The smallest absolute Gasteiger partial charge is 0.414 e. The van der Waals surface area contributed by atoms with Crippen LogP contribution < -0.4 is 4.90 Å². The molecule has 0 heterocycles. The molecule has 4 rings (SSSR count). The molecule has 0 radical (unpaired) electrons. The van der Waals surface area contributed by atoms with Gasteiger partial charge in [-0.2, -0.15) is 0 Å². The van der Waals surface area contributed by atoms with Gasteiger partial charge in [0.2, 0.25) is 0 Å². The number of aromatic carboxylic acids is 1. The van der Waals surface area contributed by atoms with Gasteiger partial charge in [0, 0.05) is 13.0 Å². The maximum absolute atomic E-state index is 14.2. The second-order valence-corrected chi connectivity index (χ2v) is 6.83. The van der Waals surface area contributed by atoms with E-state index < -0.39 is 17.9 Å². The van der Waals surface area contributed by atoms with E-state index in [1.54, 1.807) is 0 Å². The molecule has 0 saturated heterocycles. The quantitative estimate of drug-likeness (QED) is 0.686. The zero-order valence-corrected chi connectivity index (χ0v) is 15.6. The molecule has 1 aliphatic rings. The summed E-state index contributed by atoms with van der Waals surface area (Å²) in [7, 11) is 1.39. The largest absolute Gasteiger partial charge is 0.478 e. The van der Waals surface area contributed by atoms with Crippen LogP contribution in [0.3, 0.4) is 0 Å². The van der Waals surface area contributed by atoms with E-state index in [4.69, 9.17) is 9.84 Å². The molecule has 1 N–H and O–H groups in total. The highest BCUT2D eigenvalue weighted by atomic mass is 19.1. The molecule has 29 heavy (non-hydrogen) atoms. The maximum atomic E-state index is 14.2. The number of benzene rings is 3. The van der Waals surface area contributed by atoms with Crippen LogP contribution >= 0.6 is 0 Å². The number of hydrogen-bond acceptors (Lipinski definition) is 3. The maximum Gasteiger partial charge on any atom is 0.414 e. The lowest BCUT2D eigenvalue weighted by Crippen LogP contribution is -2.29. The standard InChI is InChI=1S/C23H18FNO4/c1-25(21-11-10-14(22(26)27)12-20(21)24)23(28)29-13-19-17-8-4-2-6-15(17)16-7-3-5-9-18(16)19/h2-12,19H,13H2,1H3,(H,26,27). The number of carboxylic acid groups (broad SMARTS) is 1.